The fraction of sp³-hybridized carbons (Fsp3) is 0.429. The number of rotatable bonds is 10. The Kier molecular flexibility index (Phi) is 8.51. The molecule has 182 valence electrons. The van der Waals surface area contributed by atoms with Gasteiger partial charge in [0.25, 0.3) is 11.7 Å². The number of benzene rings is 2. The zero-order valence-electron chi connectivity index (χ0n) is 20.9. The van der Waals surface area contributed by atoms with E-state index in [0.29, 0.717) is 18.7 Å². The molecule has 1 N–H and O–H groups in total. The Labute approximate surface area is 202 Å². The monoisotopic (exact) mass is 464 g/mol. The van der Waals surface area contributed by atoms with Crippen LogP contribution in [0.1, 0.15) is 55.5 Å². The highest BCUT2D eigenvalue weighted by molar-refractivity contribution is 6.46. The molecule has 1 atom stereocenters. The first-order valence-corrected chi connectivity index (χ1v) is 12.1. The smallest absolute Gasteiger partial charge is 0.295 e. The maximum atomic E-state index is 13.2. The summed E-state index contributed by atoms with van der Waals surface area (Å²) in [5.74, 6) is -0.626. The van der Waals surface area contributed by atoms with Crippen LogP contribution in [0.3, 0.4) is 0 Å². The van der Waals surface area contributed by atoms with Crippen molar-refractivity contribution in [3.8, 4) is 5.75 Å². The number of nitrogens with zero attached hydrogens (tertiary/aromatic N) is 2. The second-order valence-electron chi connectivity index (χ2n) is 8.70. The molecule has 0 aromatic heterocycles. The van der Waals surface area contributed by atoms with Crippen LogP contribution in [0.2, 0.25) is 0 Å². The second-order valence-corrected chi connectivity index (χ2v) is 8.70. The molecule has 1 aliphatic heterocycles. The predicted molar refractivity (Wildman–Crippen MR) is 135 cm³/mol. The molecule has 2 aromatic rings. The van der Waals surface area contributed by atoms with Crippen LogP contribution in [-0.4, -0.2) is 59.4 Å². The number of hydrogen-bond acceptors (Lipinski definition) is 5. The summed E-state index contributed by atoms with van der Waals surface area (Å²) in [7, 11) is 0. The average molecular weight is 465 g/mol. The van der Waals surface area contributed by atoms with Crippen molar-refractivity contribution in [3.63, 3.8) is 0 Å². The summed E-state index contributed by atoms with van der Waals surface area (Å²) in [6.45, 7) is 13.7. The molecule has 2 aromatic carbocycles. The van der Waals surface area contributed by atoms with Gasteiger partial charge in [0, 0.05) is 12.1 Å². The summed E-state index contributed by atoms with van der Waals surface area (Å²) in [5.41, 5.74) is 3.40. The van der Waals surface area contributed by atoms with E-state index in [-0.39, 0.29) is 11.3 Å². The molecule has 6 nitrogen and oxygen atoms in total. The van der Waals surface area contributed by atoms with Gasteiger partial charge < -0.3 is 19.6 Å². The SMILES string of the molecule is CCOc1ccc(C(O)=C2C(=O)C(=O)N(CCCN(CC)CC)[C@H]2c2ccc(C)cc2)cc1C. The van der Waals surface area contributed by atoms with Crippen molar-refractivity contribution in [2.75, 3.05) is 32.8 Å². The van der Waals surface area contributed by atoms with E-state index < -0.39 is 17.7 Å². The molecule has 1 fully saturated rings. The first-order chi connectivity index (χ1) is 16.3. The number of aliphatic hydroxyl groups excluding tert-OH is 1. The number of likely N-dealkylation sites (tertiary alicyclic amines) is 1. The summed E-state index contributed by atoms with van der Waals surface area (Å²) in [4.78, 5) is 30.2. The number of carbonyl (C=O) groups excluding carboxylic acids is 2. The standard InChI is InChI=1S/C28H36N2O4/c1-6-29(7-2)16-9-17-30-25(21-12-10-19(4)11-13-21)24(27(32)28(30)33)26(31)22-14-15-23(34-8-3)20(5)18-22/h10-15,18,25,31H,6-9,16-17H2,1-5H3/t25-/m0/s1. The molecular weight excluding hydrogens is 428 g/mol. The Morgan fingerprint density at radius 1 is 1.03 bits per heavy atom. The van der Waals surface area contributed by atoms with Crippen LogP contribution in [0.25, 0.3) is 5.76 Å². The molecule has 0 spiro atoms. The minimum atomic E-state index is -0.641. The Morgan fingerprint density at radius 3 is 2.29 bits per heavy atom. The van der Waals surface area contributed by atoms with Crippen LogP contribution in [0.4, 0.5) is 0 Å². The summed E-state index contributed by atoms with van der Waals surface area (Å²) in [5, 5.41) is 11.3. The highest BCUT2D eigenvalue weighted by atomic mass is 16.5. The van der Waals surface area contributed by atoms with Gasteiger partial charge in [-0.25, -0.2) is 0 Å². The van der Waals surface area contributed by atoms with Crippen LogP contribution in [0.15, 0.2) is 48.0 Å². The van der Waals surface area contributed by atoms with Crippen LogP contribution in [0.5, 0.6) is 5.75 Å². The van der Waals surface area contributed by atoms with Crippen molar-refractivity contribution in [2.45, 2.75) is 47.1 Å². The quantitative estimate of drug-likeness (QED) is 0.309. The number of carbonyl (C=O) groups is 2. The van der Waals surface area contributed by atoms with Crippen LogP contribution < -0.4 is 4.74 Å². The number of aryl methyl sites for hydroxylation is 2. The van der Waals surface area contributed by atoms with E-state index in [1.807, 2.05) is 45.0 Å². The minimum Gasteiger partial charge on any atom is -0.507 e. The molecule has 6 heteroatoms. The average Bonchev–Trinajstić information content (AvgIpc) is 3.08. The van der Waals surface area contributed by atoms with E-state index in [1.165, 1.54) is 0 Å². The van der Waals surface area contributed by atoms with Gasteiger partial charge in [-0.05, 0) is 76.2 Å². The molecule has 1 aliphatic rings. The lowest BCUT2D eigenvalue weighted by molar-refractivity contribution is -0.140. The Hall–Kier alpha value is -3.12. The topological polar surface area (TPSA) is 70.1 Å². The highest BCUT2D eigenvalue weighted by Gasteiger charge is 2.45. The number of ether oxygens (including phenoxy) is 1. The van der Waals surface area contributed by atoms with Gasteiger partial charge in [0.15, 0.2) is 0 Å². The van der Waals surface area contributed by atoms with E-state index >= 15 is 0 Å². The van der Waals surface area contributed by atoms with Crippen molar-refractivity contribution in [1.82, 2.24) is 9.80 Å². The molecule has 1 amide bonds. The maximum absolute atomic E-state index is 13.2. The fourth-order valence-electron chi connectivity index (χ4n) is 4.48. The summed E-state index contributed by atoms with van der Waals surface area (Å²) < 4.78 is 5.60. The lowest BCUT2D eigenvalue weighted by Gasteiger charge is -2.27. The molecule has 1 saturated heterocycles. The number of aliphatic hydroxyl groups is 1. The molecule has 0 aliphatic carbocycles. The number of ketones is 1. The van der Waals surface area contributed by atoms with Gasteiger partial charge >= 0.3 is 0 Å². The van der Waals surface area contributed by atoms with Crippen molar-refractivity contribution >= 4 is 17.4 Å². The first kappa shape index (κ1) is 25.5. The van der Waals surface area contributed by atoms with Gasteiger partial charge in [0.2, 0.25) is 0 Å². The van der Waals surface area contributed by atoms with Crippen LogP contribution >= 0.6 is 0 Å². The summed E-state index contributed by atoms with van der Waals surface area (Å²) in [6, 6.07) is 12.5. The fourth-order valence-corrected chi connectivity index (χ4v) is 4.48. The molecule has 0 unspecified atom stereocenters. The Morgan fingerprint density at radius 2 is 1.71 bits per heavy atom. The van der Waals surface area contributed by atoms with E-state index in [1.54, 1.807) is 23.1 Å². The van der Waals surface area contributed by atoms with Crippen molar-refractivity contribution in [1.29, 1.82) is 0 Å². The van der Waals surface area contributed by atoms with Crippen molar-refractivity contribution in [3.05, 3.63) is 70.3 Å². The second kappa shape index (κ2) is 11.3. The van der Waals surface area contributed by atoms with Gasteiger partial charge in [-0.3, -0.25) is 9.59 Å². The number of Topliss-reactive ketones (excluding diaryl/α,β-unsaturated/α-hetero) is 1. The highest BCUT2D eigenvalue weighted by Crippen LogP contribution is 2.40. The van der Waals surface area contributed by atoms with Crippen LogP contribution in [-0.2, 0) is 9.59 Å². The van der Waals surface area contributed by atoms with E-state index in [4.69, 9.17) is 4.74 Å². The molecule has 0 radical (unpaired) electrons. The van der Waals surface area contributed by atoms with E-state index in [2.05, 4.69) is 18.7 Å². The predicted octanol–water partition coefficient (Wildman–Crippen LogP) is 4.86. The normalized spacial score (nSPS) is 17.6. The third kappa shape index (κ3) is 5.33. The van der Waals surface area contributed by atoms with Gasteiger partial charge in [-0.2, -0.15) is 0 Å². The summed E-state index contributed by atoms with van der Waals surface area (Å²) in [6.07, 6.45) is 0.749. The molecule has 3 rings (SSSR count). The largest absolute Gasteiger partial charge is 0.507 e. The molecule has 0 bridgehead atoms. The van der Waals surface area contributed by atoms with Crippen molar-refractivity contribution < 1.29 is 19.4 Å². The Balaban J connectivity index is 2.03. The molecule has 0 saturated carbocycles. The lowest BCUT2D eigenvalue weighted by Crippen LogP contribution is -2.33. The van der Waals surface area contributed by atoms with Gasteiger partial charge in [-0.15, -0.1) is 0 Å². The van der Waals surface area contributed by atoms with Crippen LogP contribution in [0, 0.1) is 13.8 Å². The zero-order valence-corrected chi connectivity index (χ0v) is 20.9. The zero-order chi connectivity index (χ0) is 24.8. The molecule has 34 heavy (non-hydrogen) atoms. The third-order valence-corrected chi connectivity index (χ3v) is 6.45. The Bertz CT molecular complexity index is 1050. The van der Waals surface area contributed by atoms with Gasteiger partial charge in [0.1, 0.15) is 11.5 Å². The maximum Gasteiger partial charge on any atom is 0.295 e. The summed E-state index contributed by atoms with van der Waals surface area (Å²) >= 11 is 0. The van der Waals surface area contributed by atoms with Crippen molar-refractivity contribution in [2.24, 2.45) is 0 Å². The lowest BCUT2D eigenvalue weighted by atomic mass is 9.94. The van der Waals surface area contributed by atoms with Gasteiger partial charge in [0.05, 0.1) is 18.2 Å². The number of amides is 1. The molecule has 1 heterocycles. The van der Waals surface area contributed by atoms with E-state index in [0.717, 1.165) is 48.5 Å². The van der Waals surface area contributed by atoms with E-state index in [9.17, 15) is 14.7 Å². The molecular formula is C28H36N2O4. The number of hydrogen-bond donors (Lipinski definition) is 1. The first-order valence-electron chi connectivity index (χ1n) is 12.1. The van der Waals surface area contributed by atoms with Gasteiger partial charge in [-0.1, -0.05) is 43.7 Å². The third-order valence-electron chi connectivity index (χ3n) is 6.45. The minimum absolute atomic E-state index is 0.139.